The van der Waals surface area contributed by atoms with E-state index in [-0.39, 0.29) is 0 Å². The van der Waals surface area contributed by atoms with Crippen LogP contribution in [0.1, 0.15) is 12.0 Å². The Morgan fingerprint density at radius 1 is 1.42 bits per heavy atom. The molecular weight excluding hydrogens is 257 g/mol. The third-order valence-corrected chi connectivity index (χ3v) is 2.99. The summed E-state index contributed by atoms with van der Waals surface area (Å²) in [5.74, 6) is -1.73. The number of benzene rings is 1. The maximum absolute atomic E-state index is 12.4. The van der Waals surface area contributed by atoms with E-state index in [0.29, 0.717) is 5.75 Å². The van der Waals surface area contributed by atoms with Gasteiger partial charge in [-0.1, -0.05) is 12.1 Å². The molecule has 0 spiro atoms. The molecule has 1 atom stereocenters. The molecule has 102 valence electrons. The van der Waals surface area contributed by atoms with Gasteiger partial charge in [-0.15, -0.1) is 0 Å². The van der Waals surface area contributed by atoms with E-state index >= 15 is 0 Å². The van der Waals surface area contributed by atoms with E-state index in [1.807, 2.05) is 6.07 Å². The van der Waals surface area contributed by atoms with Crippen molar-refractivity contribution in [3.05, 3.63) is 23.8 Å². The Labute approximate surface area is 109 Å². The first-order chi connectivity index (χ1) is 9.02. The third kappa shape index (κ3) is 3.11. The van der Waals surface area contributed by atoms with E-state index in [0.717, 1.165) is 30.6 Å². The molecule has 0 fully saturated rings. The van der Waals surface area contributed by atoms with Crippen LogP contribution >= 0.6 is 0 Å². The molecule has 0 aliphatic carbocycles. The second kappa shape index (κ2) is 5.39. The molecule has 0 saturated carbocycles. The predicted molar refractivity (Wildman–Crippen MR) is 63.9 cm³/mol. The monoisotopic (exact) mass is 270 g/mol. The largest absolute Gasteiger partial charge is 0.490 e. The lowest BCUT2D eigenvalue weighted by Gasteiger charge is -2.22. The Morgan fingerprint density at radius 3 is 2.89 bits per heavy atom. The van der Waals surface area contributed by atoms with Gasteiger partial charge in [-0.3, -0.25) is 0 Å². The molecule has 19 heavy (non-hydrogen) atoms. The Hall–Kier alpha value is -1.90. The Bertz CT molecular complexity index is 494. The van der Waals surface area contributed by atoms with Crippen molar-refractivity contribution in [3.63, 3.8) is 0 Å². The summed E-state index contributed by atoms with van der Waals surface area (Å²) >= 11 is 0. The summed E-state index contributed by atoms with van der Waals surface area (Å²) in [6.45, 7) is 0.0897. The number of fused-ring (bicyclic) bond motifs is 1. The summed E-state index contributed by atoms with van der Waals surface area (Å²) in [6.07, 6.45) is -2.70. The van der Waals surface area contributed by atoms with Crippen molar-refractivity contribution in [2.75, 3.05) is 18.5 Å². The van der Waals surface area contributed by atoms with Crippen molar-refractivity contribution < 1.29 is 17.9 Å². The summed E-state index contributed by atoms with van der Waals surface area (Å²) in [5, 5.41) is 11.6. The molecule has 1 aromatic carbocycles. The molecule has 1 N–H and O–H groups in total. The lowest BCUT2D eigenvalue weighted by Crippen LogP contribution is -2.27. The van der Waals surface area contributed by atoms with Gasteiger partial charge in [0.2, 0.25) is 0 Å². The molecule has 0 radical (unpaired) electrons. The molecule has 6 heteroatoms. The zero-order valence-corrected chi connectivity index (χ0v) is 10.1. The van der Waals surface area contributed by atoms with Crippen molar-refractivity contribution in [2.45, 2.75) is 19.0 Å². The van der Waals surface area contributed by atoms with Gasteiger partial charge in [0, 0.05) is 6.54 Å². The average molecular weight is 270 g/mol. The van der Waals surface area contributed by atoms with Crippen molar-refractivity contribution in [1.29, 1.82) is 5.26 Å². The molecule has 2 rings (SSSR count). The lowest BCUT2D eigenvalue weighted by atomic mass is 10.0. The number of ether oxygens (including phenoxy) is 1. The van der Waals surface area contributed by atoms with Crippen molar-refractivity contribution in [3.8, 4) is 11.8 Å². The highest BCUT2D eigenvalue weighted by Crippen LogP contribution is 2.33. The van der Waals surface area contributed by atoms with E-state index < -0.39 is 18.7 Å². The molecule has 0 bridgehead atoms. The first-order valence-electron chi connectivity index (χ1n) is 5.97. The quantitative estimate of drug-likeness (QED) is 0.917. The standard InChI is InChI=1S/C13H13F3N2O/c14-13(15,16)10(7-17)8-19-11-5-1-3-9-4-2-6-18-12(9)11/h1,3,5,10,18H,2,4,6,8H2. The number of hydrogen-bond acceptors (Lipinski definition) is 3. The first-order valence-corrected chi connectivity index (χ1v) is 5.97. The topological polar surface area (TPSA) is 45.0 Å². The van der Waals surface area contributed by atoms with Crippen LogP contribution in [0, 0.1) is 17.2 Å². The molecule has 3 nitrogen and oxygen atoms in total. The number of hydrogen-bond donors (Lipinski definition) is 1. The number of nitrogens with zero attached hydrogens (tertiary/aromatic N) is 1. The van der Waals surface area contributed by atoms with Gasteiger partial charge in [0.1, 0.15) is 12.4 Å². The van der Waals surface area contributed by atoms with Crippen molar-refractivity contribution >= 4 is 5.69 Å². The van der Waals surface area contributed by atoms with E-state index in [1.165, 1.54) is 6.07 Å². The second-order valence-corrected chi connectivity index (χ2v) is 4.35. The van der Waals surface area contributed by atoms with Crippen LogP contribution in [0.5, 0.6) is 5.75 Å². The fraction of sp³-hybridized carbons (Fsp3) is 0.462. The normalized spacial score (nSPS) is 15.9. The highest BCUT2D eigenvalue weighted by molar-refractivity contribution is 5.63. The molecule has 1 heterocycles. The molecule has 1 unspecified atom stereocenters. The maximum Gasteiger partial charge on any atom is 0.407 e. The van der Waals surface area contributed by atoms with Crippen LogP contribution in [0.25, 0.3) is 0 Å². The van der Waals surface area contributed by atoms with Crippen LogP contribution in [0.2, 0.25) is 0 Å². The van der Waals surface area contributed by atoms with Gasteiger partial charge in [-0.05, 0) is 24.5 Å². The number of anilines is 1. The van der Waals surface area contributed by atoms with Crippen LogP contribution < -0.4 is 10.1 Å². The Balaban J connectivity index is 2.10. The number of nitrogens with one attached hydrogen (secondary N) is 1. The number of halogens is 3. The van der Waals surface area contributed by atoms with Gasteiger partial charge < -0.3 is 10.1 Å². The molecule has 0 saturated heterocycles. The third-order valence-electron chi connectivity index (χ3n) is 2.99. The highest BCUT2D eigenvalue weighted by atomic mass is 19.4. The molecular formula is C13H13F3N2O. The summed E-state index contributed by atoms with van der Waals surface area (Å²) in [5.41, 5.74) is 1.77. The van der Waals surface area contributed by atoms with E-state index in [2.05, 4.69) is 5.32 Å². The van der Waals surface area contributed by atoms with Gasteiger partial charge in [0.25, 0.3) is 0 Å². The van der Waals surface area contributed by atoms with Crippen LogP contribution in [0.3, 0.4) is 0 Å². The summed E-state index contributed by atoms with van der Waals surface area (Å²) < 4.78 is 42.5. The summed E-state index contributed by atoms with van der Waals surface area (Å²) in [4.78, 5) is 0. The minimum absolute atomic E-state index is 0.377. The van der Waals surface area contributed by atoms with Gasteiger partial charge in [-0.2, -0.15) is 18.4 Å². The zero-order chi connectivity index (χ0) is 13.9. The average Bonchev–Trinajstić information content (AvgIpc) is 2.38. The molecule has 1 aliphatic rings. The van der Waals surface area contributed by atoms with Gasteiger partial charge in [0.05, 0.1) is 11.8 Å². The molecule has 1 aliphatic heterocycles. The minimum Gasteiger partial charge on any atom is -0.490 e. The molecule has 1 aromatic rings. The van der Waals surface area contributed by atoms with Crippen LogP contribution in [0.15, 0.2) is 18.2 Å². The number of aryl methyl sites for hydroxylation is 1. The first kappa shape index (κ1) is 13.5. The number of rotatable bonds is 3. The SMILES string of the molecule is N#CC(COc1cccc2c1NCCC2)C(F)(F)F. The number of alkyl halides is 3. The fourth-order valence-corrected chi connectivity index (χ4v) is 1.98. The number of para-hydroxylation sites is 1. The van der Waals surface area contributed by atoms with Gasteiger partial charge in [-0.25, -0.2) is 0 Å². The Morgan fingerprint density at radius 2 is 2.21 bits per heavy atom. The molecule has 0 amide bonds. The highest BCUT2D eigenvalue weighted by Gasteiger charge is 2.40. The van der Waals surface area contributed by atoms with E-state index in [4.69, 9.17) is 10.00 Å². The van der Waals surface area contributed by atoms with Gasteiger partial charge in [0.15, 0.2) is 5.92 Å². The second-order valence-electron chi connectivity index (χ2n) is 4.35. The van der Waals surface area contributed by atoms with Crippen molar-refractivity contribution in [1.82, 2.24) is 0 Å². The Kier molecular flexibility index (Phi) is 3.84. The van der Waals surface area contributed by atoms with E-state index in [9.17, 15) is 13.2 Å². The predicted octanol–water partition coefficient (Wildman–Crippen LogP) is 3.13. The number of nitriles is 1. The van der Waals surface area contributed by atoms with E-state index in [1.54, 1.807) is 12.1 Å². The molecule has 0 aromatic heterocycles. The summed E-state index contributed by atoms with van der Waals surface area (Å²) in [6, 6.07) is 6.50. The lowest BCUT2D eigenvalue weighted by molar-refractivity contribution is -0.165. The summed E-state index contributed by atoms with van der Waals surface area (Å²) in [7, 11) is 0. The van der Waals surface area contributed by atoms with Crippen LogP contribution in [-0.2, 0) is 6.42 Å². The smallest absolute Gasteiger partial charge is 0.407 e. The minimum atomic E-state index is -4.56. The fourth-order valence-electron chi connectivity index (χ4n) is 1.98. The van der Waals surface area contributed by atoms with Crippen molar-refractivity contribution in [2.24, 2.45) is 5.92 Å². The van der Waals surface area contributed by atoms with Crippen LogP contribution in [-0.4, -0.2) is 19.3 Å². The maximum atomic E-state index is 12.4. The van der Waals surface area contributed by atoms with Gasteiger partial charge >= 0.3 is 6.18 Å². The zero-order valence-electron chi connectivity index (χ0n) is 10.1. The van der Waals surface area contributed by atoms with Crippen LogP contribution in [0.4, 0.5) is 18.9 Å².